The van der Waals surface area contributed by atoms with Gasteiger partial charge in [-0.1, -0.05) is 13.8 Å². The number of carbonyl (C=O) groups is 1. The van der Waals surface area contributed by atoms with Gasteiger partial charge in [0.15, 0.2) is 0 Å². The van der Waals surface area contributed by atoms with E-state index in [9.17, 15) is 9.18 Å². The van der Waals surface area contributed by atoms with Crippen molar-refractivity contribution >= 4 is 5.91 Å². The molecule has 19 heavy (non-hydrogen) atoms. The van der Waals surface area contributed by atoms with Gasteiger partial charge in [0.2, 0.25) is 0 Å². The van der Waals surface area contributed by atoms with Gasteiger partial charge in [0.25, 0.3) is 5.91 Å². The number of aromatic nitrogens is 1. The molecule has 2 rings (SSSR count). The van der Waals surface area contributed by atoms with E-state index in [1.165, 1.54) is 12.3 Å². The first-order chi connectivity index (χ1) is 9.06. The molecular formula is C14H19FN2O2. The summed E-state index contributed by atoms with van der Waals surface area (Å²) in [6.45, 7) is 5.89. The van der Waals surface area contributed by atoms with Gasteiger partial charge in [0.05, 0.1) is 24.5 Å². The highest BCUT2D eigenvalue weighted by molar-refractivity contribution is 5.94. The number of hydrogen-bond acceptors (Lipinski definition) is 3. The molecule has 0 unspecified atom stereocenters. The van der Waals surface area contributed by atoms with Crippen molar-refractivity contribution in [3.8, 4) is 0 Å². The number of hydrogen-bond donors (Lipinski definition) is 0. The summed E-state index contributed by atoms with van der Waals surface area (Å²) < 4.78 is 18.7. The molecule has 104 valence electrons. The van der Waals surface area contributed by atoms with Crippen LogP contribution in [0.1, 0.15) is 30.6 Å². The van der Waals surface area contributed by atoms with E-state index < -0.39 is 5.82 Å². The summed E-state index contributed by atoms with van der Waals surface area (Å²) >= 11 is 0. The van der Waals surface area contributed by atoms with Crippen molar-refractivity contribution in [3.05, 3.63) is 29.8 Å². The van der Waals surface area contributed by atoms with Crippen molar-refractivity contribution in [1.29, 1.82) is 0 Å². The molecule has 4 nitrogen and oxygen atoms in total. The minimum atomic E-state index is -0.488. The van der Waals surface area contributed by atoms with Crippen LogP contribution in [-0.4, -0.2) is 41.6 Å². The molecule has 1 aliphatic rings. The summed E-state index contributed by atoms with van der Waals surface area (Å²) in [4.78, 5) is 17.7. The van der Waals surface area contributed by atoms with Gasteiger partial charge < -0.3 is 9.64 Å². The van der Waals surface area contributed by atoms with Crippen LogP contribution >= 0.6 is 0 Å². The van der Waals surface area contributed by atoms with E-state index in [1.807, 2.05) is 0 Å². The molecule has 0 aromatic carbocycles. The molecule has 1 aliphatic heterocycles. The van der Waals surface area contributed by atoms with Crippen molar-refractivity contribution < 1.29 is 13.9 Å². The molecule has 1 aromatic heterocycles. The molecule has 1 fully saturated rings. The maximum Gasteiger partial charge on any atom is 0.255 e. The van der Waals surface area contributed by atoms with Gasteiger partial charge in [-0.15, -0.1) is 0 Å². The SMILES string of the molecule is CC(C)C[C@@H]1CN(C(=O)c2cncc(F)c2)CCO1. The molecule has 2 heterocycles. The van der Waals surface area contributed by atoms with Crippen molar-refractivity contribution in [3.63, 3.8) is 0 Å². The minimum absolute atomic E-state index is 0.0687. The fourth-order valence-electron chi connectivity index (χ4n) is 2.28. The maximum atomic E-state index is 13.1. The highest BCUT2D eigenvalue weighted by atomic mass is 19.1. The highest BCUT2D eigenvalue weighted by Gasteiger charge is 2.25. The molecule has 1 saturated heterocycles. The molecule has 0 spiro atoms. The first-order valence-corrected chi connectivity index (χ1v) is 6.57. The third-order valence-electron chi connectivity index (χ3n) is 3.11. The van der Waals surface area contributed by atoms with E-state index in [1.54, 1.807) is 4.90 Å². The molecule has 0 bridgehead atoms. The fraction of sp³-hybridized carbons (Fsp3) is 0.571. The van der Waals surface area contributed by atoms with Gasteiger partial charge in [-0.25, -0.2) is 4.39 Å². The molecule has 0 aliphatic carbocycles. The van der Waals surface area contributed by atoms with Gasteiger partial charge in [-0.3, -0.25) is 9.78 Å². The zero-order valence-electron chi connectivity index (χ0n) is 11.3. The Morgan fingerprint density at radius 2 is 2.37 bits per heavy atom. The largest absolute Gasteiger partial charge is 0.375 e. The quantitative estimate of drug-likeness (QED) is 0.841. The minimum Gasteiger partial charge on any atom is -0.375 e. The second-order valence-electron chi connectivity index (χ2n) is 5.27. The van der Waals surface area contributed by atoms with Crippen molar-refractivity contribution in [2.45, 2.75) is 26.4 Å². The van der Waals surface area contributed by atoms with Crippen LogP contribution in [0.3, 0.4) is 0 Å². The number of amides is 1. The lowest BCUT2D eigenvalue weighted by Gasteiger charge is -2.33. The molecule has 1 aromatic rings. The number of nitrogens with zero attached hydrogens (tertiary/aromatic N) is 2. The van der Waals surface area contributed by atoms with Gasteiger partial charge >= 0.3 is 0 Å². The Labute approximate surface area is 112 Å². The lowest BCUT2D eigenvalue weighted by atomic mass is 10.0. The van der Waals surface area contributed by atoms with E-state index in [2.05, 4.69) is 18.8 Å². The molecule has 5 heteroatoms. The Hall–Kier alpha value is -1.49. The van der Waals surface area contributed by atoms with Crippen LogP contribution < -0.4 is 0 Å². The Bertz CT molecular complexity index is 451. The van der Waals surface area contributed by atoms with E-state index in [-0.39, 0.29) is 12.0 Å². The van der Waals surface area contributed by atoms with Crippen molar-refractivity contribution in [2.24, 2.45) is 5.92 Å². The summed E-state index contributed by atoms with van der Waals surface area (Å²) in [6, 6.07) is 1.22. The van der Waals surface area contributed by atoms with Crippen LogP contribution in [-0.2, 0) is 4.74 Å². The lowest BCUT2D eigenvalue weighted by Crippen LogP contribution is -2.46. The van der Waals surface area contributed by atoms with Crippen molar-refractivity contribution in [2.75, 3.05) is 19.7 Å². The maximum absolute atomic E-state index is 13.1. The van der Waals surface area contributed by atoms with E-state index in [0.717, 1.165) is 12.6 Å². The Balaban J connectivity index is 2.03. The van der Waals surface area contributed by atoms with Crippen LogP contribution in [0.4, 0.5) is 4.39 Å². The fourth-order valence-corrected chi connectivity index (χ4v) is 2.28. The van der Waals surface area contributed by atoms with Gasteiger partial charge in [-0.2, -0.15) is 0 Å². The summed E-state index contributed by atoms with van der Waals surface area (Å²) in [7, 11) is 0. The number of halogens is 1. The molecular weight excluding hydrogens is 247 g/mol. The number of pyridine rings is 1. The topological polar surface area (TPSA) is 42.4 Å². The third-order valence-corrected chi connectivity index (χ3v) is 3.11. The Kier molecular flexibility index (Phi) is 4.47. The van der Waals surface area contributed by atoms with Gasteiger partial charge in [-0.05, 0) is 18.4 Å². The summed E-state index contributed by atoms with van der Waals surface area (Å²) in [6.07, 6.45) is 3.49. The van der Waals surface area contributed by atoms with Crippen LogP contribution in [0, 0.1) is 11.7 Å². The molecule has 0 N–H and O–H groups in total. The number of rotatable bonds is 3. The third kappa shape index (κ3) is 3.73. The van der Waals surface area contributed by atoms with Gasteiger partial charge in [0, 0.05) is 19.3 Å². The highest BCUT2D eigenvalue weighted by Crippen LogP contribution is 2.16. The van der Waals surface area contributed by atoms with Crippen LogP contribution in [0.2, 0.25) is 0 Å². The smallest absolute Gasteiger partial charge is 0.255 e. The lowest BCUT2D eigenvalue weighted by molar-refractivity contribution is -0.0298. The molecule has 0 radical (unpaired) electrons. The van der Waals surface area contributed by atoms with E-state index in [0.29, 0.717) is 31.2 Å². The number of ether oxygens (including phenoxy) is 1. The average Bonchev–Trinajstić information content (AvgIpc) is 2.37. The molecule has 1 atom stereocenters. The van der Waals surface area contributed by atoms with Crippen LogP contribution in [0.5, 0.6) is 0 Å². The number of morpholine rings is 1. The first kappa shape index (κ1) is 13.9. The Morgan fingerprint density at radius 1 is 1.58 bits per heavy atom. The second-order valence-corrected chi connectivity index (χ2v) is 5.27. The summed E-state index contributed by atoms with van der Waals surface area (Å²) in [5, 5.41) is 0. The molecule has 1 amide bonds. The zero-order chi connectivity index (χ0) is 13.8. The van der Waals surface area contributed by atoms with E-state index >= 15 is 0 Å². The summed E-state index contributed by atoms with van der Waals surface area (Å²) in [5.41, 5.74) is 0.296. The Morgan fingerprint density at radius 3 is 3.05 bits per heavy atom. The number of carbonyl (C=O) groups excluding carboxylic acids is 1. The van der Waals surface area contributed by atoms with Gasteiger partial charge in [0.1, 0.15) is 5.82 Å². The second kappa shape index (κ2) is 6.10. The van der Waals surface area contributed by atoms with E-state index in [4.69, 9.17) is 4.74 Å². The normalized spacial score (nSPS) is 19.8. The molecule has 0 saturated carbocycles. The van der Waals surface area contributed by atoms with Crippen molar-refractivity contribution in [1.82, 2.24) is 9.88 Å². The average molecular weight is 266 g/mol. The standard InChI is InChI=1S/C14H19FN2O2/c1-10(2)5-13-9-17(3-4-19-13)14(18)11-6-12(15)8-16-7-11/h6-8,10,13H,3-5,9H2,1-2H3/t13-/m1/s1. The first-order valence-electron chi connectivity index (χ1n) is 6.57. The summed E-state index contributed by atoms with van der Waals surface area (Å²) in [5.74, 6) is -0.141. The zero-order valence-corrected chi connectivity index (χ0v) is 11.3. The monoisotopic (exact) mass is 266 g/mol. The van der Waals surface area contributed by atoms with Crippen LogP contribution in [0.15, 0.2) is 18.5 Å². The van der Waals surface area contributed by atoms with Crippen LogP contribution in [0.25, 0.3) is 0 Å². The predicted octanol–water partition coefficient (Wildman–Crippen LogP) is 2.11. The predicted molar refractivity (Wildman–Crippen MR) is 69.3 cm³/mol.